The molecule has 9 nitrogen and oxygen atoms in total. The van der Waals surface area contributed by atoms with E-state index in [9.17, 15) is 18.0 Å². The average molecular weight is 509 g/mol. The Kier molecular flexibility index (Phi) is 5.75. The molecule has 1 saturated heterocycles. The molecule has 3 heterocycles. The van der Waals surface area contributed by atoms with Crippen molar-refractivity contribution < 1.29 is 18.0 Å². The fourth-order valence-corrected chi connectivity index (χ4v) is 4.72. The van der Waals surface area contributed by atoms with Gasteiger partial charge in [0.2, 0.25) is 5.91 Å². The summed E-state index contributed by atoms with van der Waals surface area (Å²) in [5.41, 5.74) is 12.9. The van der Waals surface area contributed by atoms with Crippen LogP contribution in [0.2, 0.25) is 5.02 Å². The van der Waals surface area contributed by atoms with Gasteiger partial charge in [-0.25, -0.2) is 15.0 Å². The van der Waals surface area contributed by atoms with E-state index in [1.807, 2.05) is 4.90 Å². The van der Waals surface area contributed by atoms with Crippen molar-refractivity contribution >= 4 is 40.2 Å². The van der Waals surface area contributed by atoms with Crippen LogP contribution in [-0.4, -0.2) is 56.3 Å². The second-order valence-electron chi connectivity index (χ2n) is 9.23. The average Bonchev–Trinajstić information content (AvgIpc) is 3.34. The van der Waals surface area contributed by atoms with Crippen LogP contribution < -0.4 is 21.7 Å². The number of benzene rings is 1. The predicted molar refractivity (Wildman–Crippen MR) is 125 cm³/mol. The van der Waals surface area contributed by atoms with Gasteiger partial charge in [0.15, 0.2) is 11.5 Å². The highest BCUT2D eigenvalue weighted by Crippen LogP contribution is 2.37. The zero-order chi connectivity index (χ0) is 25.0. The van der Waals surface area contributed by atoms with Gasteiger partial charge in [-0.05, 0) is 42.5 Å². The highest BCUT2D eigenvalue weighted by atomic mass is 35.5. The Labute approximate surface area is 203 Å². The molecule has 35 heavy (non-hydrogen) atoms. The predicted octanol–water partition coefficient (Wildman–Crippen LogP) is 2.40. The smallest absolute Gasteiger partial charge is 0.382 e. The largest absolute Gasteiger partial charge is 0.393 e. The molecule has 1 aliphatic carbocycles. The topological polar surface area (TPSA) is 128 Å². The Morgan fingerprint density at radius 2 is 2.03 bits per heavy atom. The molecule has 186 valence electrons. The lowest BCUT2D eigenvalue weighted by Gasteiger charge is -2.28. The molecule has 0 bridgehead atoms. The monoisotopic (exact) mass is 508 g/mol. The summed E-state index contributed by atoms with van der Waals surface area (Å²) in [4.78, 5) is 26.9. The number of nitrogens with zero attached hydrogens (tertiary/aromatic N) is 5. The second kappa shape index (κ2) is 8.52. The van der Waals surface area contributed by atoms with Crippen molar-refractivity contribution in [1.82, 2.24) is 24.8 Å². The first-order valence-electron chi connectivity index (χ1n) is 11.2. The van der Waals surface area contributed by atoms with Crippen molar-refractivity contribution in [2.75, 3.05) is 23.7 Å². The molecule has 13 heteroatoms. The number of nitrogens with one attached hydrogen (secondary N) is 1. The van der Waals surface area contributed by atoms with Crippen molar-refractivity contribution in [3.63, 3.8) is 0 Å². The molecule has 5 rings (SSSR count). The van der Waals surface area contributed by atoms with Crippen LogP contribution in [0.25, 0.3) is 11.2 Å². The molecule has 2 aromatic heterocycles. The first-order chi connectivity index (χ1) is 16.5. The van der Waals surface area contributed by atoms with E-state index in [-0.39, 0.29) is 41.4 Å². The number of nitrogens with two attached hydrogens (primary N) is 2. The number of aromatic nitrogens is 4. The fraction of sp³-hybridized carbons (Fsp3) is 0.455. The molecule has 1 aromatic carbocycles. The van der Waals surface area contributed by atoms with Crippen LogP contribution in [0.3, 0.4) is 0 Å². The molecular weight excluding hydrogens is 485 g/mol. The van der Waals surface area contributed by atoms with Gasteiger partial charge in [-0.15, -0.1) is 0 Å². The van der Waals surface area contributed by atoms with E-state index in [1.54, 1.807) is 10.6 Å². The van der Waals surface area contributed by atoms with Gasteiger partial charge in [0.05, 0.1) is 19.3 Å². The number of hydrogen-bond acceptors (Lipinski definition) is 7. The van der Waals surface area contributed by atoms with Crippen LogP contribution in [0.1, 0.15) is 30.4 Å². The molecule has 2 fully saturated rings. The van der Waals surface area contributed by atoms with Crippen molar-refractivity contribution in [3.05, 3.63) is 40.9 Å². The number of fused-ring (bicyclic) bond motifs is 1. The molecule has 2 aliphatic rings. The molecule has 1 atom stereocenters. The third-order valence-electron chi connectivity index (χ3n) is 6.44. The molecular formula is C22H24ClF3N8O. The Hall–Kier alpha value is -3.12. The van der Waals surface area contributed by atoms with E-state index in [2.05, 4.69) is 20.3 Å². The number of rotatable bonds is 6. The van der Waals surface area contributed by atoms with E-state index in [0.29, 0.717) is 35.4 Å². The van der Waals surface area contributed by atoms with Gasteiger partial charge in [0.25, 0.3) is 0 Å². The van der Waals surface area contributed by atoms with Gasteiger partial charge in [0, 0.05) is 29.8 Å². The van der Waals surface area contributed by atoms with Crippen LogP contribution in [-0.2, 0) is 17.8 Å². The minimum absolute atomic E-state index is 0.0285. The number of halogens is 4. The Balaban J connectivity index is 1.54. The molecule has 0 spiro atoms. The van der Waals surface area contributed by atoms with Crippen molar-refractivity contribution in [1.29, 1.82) is 0 Å². The number of imidazole rings is 1. The van der Waals surface area contributed by atoms with Crippen LogP contribution in [0.5, 0.6) is 0 Å². The van der Waals surface area contributed by atoms with Crippen LogP contribution in [0.4, 0.5) is 24.7 Å². The molecule has 1 amide bonds. The normalized spacial score (nSPS) is 20.5. The number of anilines is 2. The number of nitrogen functional groups attached to an aromatic ring is 1. The zero-order valence-corrected chi connectivity index (χ0v) is 19.4. The highest BCUT2D eigenvalue weighted by Gasteiger charge is 2.43. The molecule has 0 radical (unpaired) electrons. The van der Waals surface area contributed by atoms with Crippen LogP contribution >= 0.6 is 11.6 Å². The Morgan fingerprint density at radius 3 is 2.74 bits per heavy atom. The minimum atomic E-state index is -4.45. The third-order valence-corrected chi connectivity index (χ3v) is 6.66. The SMILES string of the molecule is Nc1ncnc2c1ncn2Cc1c(CC(F)(F)F)cc(Cl)cc1N1CCC(N)(C(=O)NC2CC2)C1. The lowest BCUT2D eigenvalue weighted by Crippen LogP contribution is -2.56. The van der Waals surface area contributed by atoms with Gasteiger partial charge >= 0.3 is 6.18 Å². The Bertz CT molecular complexity index is 1290. The van der Waals surface area contributed by atoms with E-state index >= 15 is 0 Å². The molecule has 3 aromatic rings. The maximum Gasteiger partial charge on any atom is 0.393 e. The van der Waals surface area contributed by atoms with Gasteiger partial charge in [-0.3, -0.25) is 4.79 Å². The summed E-state index contributed by atoms with van der Waals surface area (Å²) in [7, 11) is 0. The van der Waals surface area contributed by atoms with Crippen LogP contribution in [0.15, 0.2) is 24.8 Å². The fourth-order valence-electron chi connectivity index (χ4n) is 4.48. The molecule has 1 saturated carbocycles. The summed E-state index contributed by atoms with van der Waals surface area (Å²) < 4.78 is 42.2. The second-order valence-corrected chi connectivity index (χ2v) is 9.67. The summed E-state index contributed by atoms with van der Waals surface area (Å²) in [5.74, 6) is -0.0656. The summed E-state index contributed by atoms with van der Waals surface area (Å²) in [6.07, 6.45) is -0.654. The highest BCUT2D eigenvalue weighted by molar-refractivity contribution is 6.31. The van der Waals surface area contributed by atoms with E-state index in [4.69, 9.17) is 23.1 Å². The minimum Gasteiger partial charge on any atom is -0.382 e. The molecule has 5 N–H and O–H groups in total. The van der Waals surface area contributed by atoms with Gasteiger partial charge in [0.1, 0.15) is 17.4 Å². The third kappa shape index (κ3) is 4.85. The number of hydrogen-bond donors (Lipinski definition) is 3. The maximum atomic E-state index is 13.5. The Morgan fingerprint density at radius 1 is 1.26 bits per heavy atom. The number of carbonyl (C=O) groups is 1. The summed E-state index contributed by atoms with van der Waals surface area (Å²) in [6, 6.07) is 3.09. The maximum absolute atomic E-state index is 13.5. The van der Waals surface area contributed by atoms with Gasteiger partial charge < -0.3 is 26.3 Å². The van der Waals surface area contributed by atoms with Crippen molar-refractivity contribution in [2.45, 2.75) is 50.0 Å². The standard InChI is InChI=1S/C22H24ClF3N8O/c23-13-5-12(7-22(24,25)26)15(8-34-11-31-17-18(27)29-10-30-19(17)34)16(6-13)33-4-3-21(28,9-33)20(35)32-14-1-2-14/h5-6,10-11,14H,1-4,7-9,28H2,(H,32,35)(H2,27,29,30). The lowest BCUT2D eigenvalue weighted by atomic mass is 9.98. The molecule has 1 aliphatic heterocycles. The van der Waals surface area contributed by atoms with Crippen molar-refractivity contribution in [3.8, 4) is 0 Å². The number of amides is 1. The van der Waals surface area contributed by atoms with E-state index in [0.717, 1.165) is 12.8 Å². The first-order valence-corrected chi connectivity index (χ1v) is 11.5. The zero-order valence-electron chi connectivity index (χ0n) is 18.6. The van der Waals surface area contributed by atoms with Crippen LogP contribution in [0, 0.1) is 0 Å². The lowest BCUT2D eigenvalue weighted by molar-refractivity contribution is -0.127. The van der Waals surface area contributed by atoms with Gasteiger partial charge in [-0.1, -0.05) is 11.6 Å². The van der Waals surface area contributed by atoms with Gasteiger partial charge in [-0.2, -0.15) is 13.2 Å². The summed E-state index contributed by atoms with van der Waals surface area (Å²) in [6.45, 7) is 0.588. The number of carbonyl (C=O) groups excluding carboxylic acids is 1. The quantitative estimate of drug-likeness (QED) is 0.466. The first kappa shape index (κ1) is 23.6. The number of alkyl halides is 3. The van der Waals surface area contributed by atoms with Crippen molar-refractivity contribution in [2.24, 2.45) is 5.73 Å². The van der Waals surface area contributed by atoms with E-state index in [1.165, 1.54) is 18.7 Å². The molecule has 1 unspecified atom stereocenters. The summed E-state index contributed by atoms with van der Waals surface area (Å²) in [5, 5.41) is 3.10. The summed E-state index contributed by atoms with van der Waals surface area (Å²) >= 11 is 6.28. The van der Waals surface area contributed by atoms with E-state index < -0.39 is 18.1 Å².